The highest BCUT2D eigenvalue weighted by molar-refractivity contribution is 5.78. The number of nitrogens with one attached hydrogen (secondary N) is 1. The molecule has 0 bridgehead atoms. The first kappa shape index (κ1) is 15.0. The number of rotatable bonds is 1. The van der Waals surface area contributed by atoms with Crippen LogP contribution in [0.25, 0.3) is 0 Å². The van der Waals surface area contributed by atoms with Crippen LogP contribution in [0, 0.1) is 0 Å². The molecular formula is C13H15F3N4O2. The number of nitrogens with zero attached hydrogens (tertiary/aromatic N) is 3. The Bertz CT molecular complexity index is 559. The summed E-state index contributed by atoms with van der Waals surface area (Å²) in [5.74, 6) is -0.0706. The van der Waals surface area contributed by atoms with Gasteiger partial charge in [-0.3, -0.25) is 4.79 Å². The van der Waals surface area contributed by atoms with Crippen LogP contribution in [0.1, 0.15) is 18.5 Å². The van der Waals surface area contributed by atoms with Gasteiger partial charge in [-0.1, -0.05) is 0 Å². The maximum atomic E-state index is 12.7. The van der Waals surface area contributed by atoms with Crippen molar-refractivity contribution in [2.24, 2.45) is 0 Å². The Morgan fingerprint density at radius 2 is 2.05 bits per heavy atom. The molecule has 2 saturated heterocycles. The van der Waals surface area contributed by atoms with Crippen LogP contribution in [0.15, 0.2) is 12.3 Å². The zero-order valence-corrected chi connectivity index (χ0v) is 11.7. The summed E-state index contributed by atoms with van der Waals surface area (Å²) in [6, 6.07) is 0.856. The average Bonchev–Trinajstić information content (AvgIpc) is 2.51. The number of alkyl halides is 3. The molecule has 9 heteroatoms. The van der Waals surface area contributed by atoms with Gasteiger partial charge in [0.25, 0.3) is 0 Å². The number of hydrogen-bond acceptors (Lipinski definition) is 5. The molecule has 0 unspecified atom stereocenters. The Morgan fingerprint density at radius 1 is 1.32 bits per heavy atom. The van der Waals surface area contributed by atoms with E-state index >= 15 is 0 Å². The molecule has 0 radical (unpaired) electrons. The molecule has 6 nitrogen and oxygen atoms in total. The number of carbonyl (C=O) groups is 1. The van der Waals surface area contributed by atoms with E-state index in [2.05, 4.69) is 15.3 Å². The summed E-state index contributed by atoms with van der Waals surface area (Å²) in [5, 5.41) is 2.76. The summed E-state index contributed by atoms with van der Waals surface area (Å²) < 4.78 is 43.7. The molecule has 0 atom stereocenters. The van der Waals surface area contributed by atoms with Gasteiger partial charge < -0.3 is 15.0 Å². The van der Waals surface area contributed by atoms with Crippen LogP contribution in [0.3, 0.4) is 0 Å². The summed E-state index contributed by atoms with van der Waals surface area (Å²) in [4.78, 5) is 20.4. The van der Waals surface area contributed by atoms with Crippen LogP contribution in [-0.4, -0.2) is 47.7 Å². The van der Waals surface area contributed by atoms with Crippen molar-refractivity contribution in [2.75, 3.05) is 31.1 Å². The van der Waals surface area contributed by atoms with Crippen LogP contribution in [0.5, 0.6) is 0 Å². The number of ether oxygens (including phenoxy) is 1. The van der Waals surface area contributed by atoms with E-state index in [1.165, 1.54) is 0 Å². The fraction of sp³-hybridized carbons (Fsp3) is 0.615. The van der Waals surface area contributed by atoms with Crippen molar-refractivity contribution in [3.63, 3.8) is 0 Å². The highest BCUT2D eigenvalue weighted by Crippen LogP contribution is 2.31. The number of amides is 1. The lowest BCUT2D eigenvalue weighted by Crippen LogP contribution is -2.57. The minimum absolute atomic E-state index is 0.0278. The van der Waals surface area contributed by atoms with E-state index in [0.29, 0.717) is 32.5 Å². The number of aromatic nitrogens is 2. The summed E-state index contributed by atoms with van der Waals surface area (Å²) in [6.45, 7) is 1.43. The van der Waals surface area contributed by atoms with Gasteiger partial charge in [-0.05, 0) is 18.9 Å². The fourth-order valence-electron chi connectivity index (χ4n) is 2.67. The molecule has 3 heterocycles. The molecule has 2 aliphatic heterocycles. The summed E-state index contributed by atoms with van der Waals surface area (Å²) >= 11 is 0. The molecule has 1 amide bonds. The third-order valence-electron chi connectivity index (χ3n) is 4.01. The van der Waals surface area contributed by atoms with Crippen molar-refractivity contribution in [3.05, 3.63) is 18.0 Å². The lowest BCUT2D eigenvalue weighted by Gasteiger charge is -2.43. The first-order valence-corrected chi connectivity index (χ1v) is 6.94. The van der Waals surface area contributed by atoms with Crippen LogP contribution in [0.2, 0.25) is 0 Å². The Morgan fingerprint density at radius 3 is 2.64 bits per heavy atom. The van der Waals surface area contributed by atoms with Crippen LogP contribution >= 0.6 is 0 Å². The second-order valence-electron chi connectivity index (χ2n) is 5.48. The molecule has 120 valence electrons. The van der Waals surface area contributed by atoms with E-state index in [9.17, 15) is 18.0 Å². The van der Waals surface area contributed by atoms with Crippen molar-refractivity contribution in [2.45, 2.75) is 24.6 Å². The highest BCUT2D eigenvalue weighted by Gasteiger charge is 2.40. The monoisotopic (exact) mass is 316 g/mol. The first-order valence-electron chi connectivity index (χ1n) is 6.94. The van der Waals surface area contributed by atoms with Gasteiger partial charge in [0.15, 0.2) is 0 Å². The van der Waals surface area contributed by atoms with E-state index in [1.54, 1.807) is 4.90 Å². The molecule has 1 aromatic heterocycles. The van der Waals surface area contributed by atoms with Gasteiger partial charge in [0.05, 0.1) is 5.60 Å². The molecule has 0 saturated carbocycles. The van der Waals surface area contributed by atoms with Gasteiger partial charge >= 0.3 is 6.18 Å². The molecule has 1 spiro atoms. The van der Waals surface area contributed by atoms with E-state index in [4.69, 9.17) is 4.74 Å². The molecule has 22 heavy (non-hydrogen) atoms. The Balaban J connectivity index is 1.68. The van der Waals surface area contributed by atoms with Crippen molar-refractivity contribution < 1.29 is 22.7 Å². The van der Waals surface area contributed by atoms with Gasteiger partial charge in [0.2, 0.25) is 11.9 Å². The predicted octanol–water partition coefficient (Wildman–Crippen LogP) is 0.981. The normalized spacial score (nSPS) is 21.8. The lowest BCUT2D eigenvalue weighted by molar-refractivity contribution is -0.146. The standard InChI is InChI=1S/C13H15F3N4O2/c14-13(15,16)9-1-4-17-11(19-9)20-5-2-12(3-6-20)8-18-10(21)7-22-12/h1,4H,2-3,5-8H2,(H,18,21). The molecule has 0 aliphatic carbocycles. The highest BCUT2D eigenvalue weighted by atomic mass is 19.4. The molecule has 2 fully saturated rings. The molecule has 1 N–H and O–H groups in total. The summed E-state index contributed by atoms with van der Waals surface area (Å²) in [6.07, 6.45) is -2.15. The maximum Gasteiger partial charge on any atom is 0.433 e. The third kappa shape index (κ3) is 2.99. The molecule has 2 aliphatic rings. The predicted molar refractivity (Wildman–Crippen MR) is 70.2 cm³/mol. The summed E-state index contributed by atoms with van der Waals surface area (Å²) in [7, 11) is 0. The quantitative estimate of drug-likeness (QED) is 0.836. The Labute approximate surface area is 124 Å². The van der Waals surface area contributed by atoms with Gasteiger partial charge in [0.1, 0.15) is 12.3 Å². The Hall–Kier alpha value is -1.90. The lowest BCUT2D eigenvalue weighted by atomic mass is 9.90. The molecule has 1 aromatic rings. The minimum Gasteiger partial charge on any atom is -0.363 e. The second kappa shape index (κ2) is 5.38. The molecule has 0 aromatic carbocycles. The van der Waals surface area contributed by atoms with Gasteiger partial charge in [-0.15, -0.1) is 0 Å². The van der Waals surface area contributed by atoms with Crippen molar-refractivity contribution in [3.8, 4) is 0 Å². The average molecular weight is 316 g/mol. The van der Waals surface area contributed by atoms with E-state index in [0.717, 1.165) is 12.3 Å². The second-order valence-corrected chi connectivity index (χ2v) is 5.48. The summed E-state index contributed by atoms with van der Waals surface area (Å²) in [5.41, 5.74) is -1.37. The number of piperidine rings is 1. The van der Waals surface area contributed by atoms with E-state index in [1.807, 2.05) is 0 Å². The third-order valence-corrected chi connectivity index (χ3v) is 4.01. The van der Waals surface area contributed by atoms with Gasteiger partial charge in [-0.2, -0.15) is 13.2 Å². The smallest absolute Gasteiger partial charge is 0.363 e. The maximum absolute atomic E-state index is 12.7. The topological polar surface area (TPSA) is 67.3 Å². The number of morpholine rings is 1. The number of halogens is 3. The van der Waals surface area contributed by atoms with Gasteiger partial charge in [0, 0.05) is 25.8 Å². The van der Waals surface area contributed by atoms with Crippen molar-refractivity contribution in [1.29, 1.82) is 0 Å². The minimum atomic E-state index is -4.48. The van der Waals surface area contributed by atoms with Crippen molar-refractivity contribution >= 4 is 11.9 Å². The molecule has 3 rings (SSSR count). The van der Waals surface area contributed by atoms with Crippen molar-refractivity contribution in [1.82, 2.24) is 15.3 Å². The zero-order valence-electron chi connectivity index (χ0n) is 11.7. The fourth-order valence-corrected chi connectivity index (χ4v) is 2.67. The van der Waals surface area contributed by atoms with Gasteiger partial charge in [-0.25, -0.2) is 9.97 Å². The first-order chi connectivity index (χ1) is 10.4. The SMILES string of the molecule is O=C1COC2(CCN(c3nccc(C(F)(F)F)n3)CC2)CN1. The zero-order chi connectivity index (χ0) is 15.8. The number of carbonyl (C=O) groups excluding carboxylic acids is 1. The van der Waals surface area contributed by atoms with E-state index in [-0.39, 0.29) is 18.5 Å². The number of anilines is 1. The largest absolute Gasteiger partial charge is 0.433 e. The Kier molecular flexibility index (Phi) is 3.67. The molecular weight excluding hydrogens is 301 g/mol. The van der Waals surface area contributed by atoms with E-state index < -0.39 is 17.5 Å². The van der Waals surface area contributed by atoms with Crippen LogP contribution in [-0.2, 0) is 15.7 Å². The van der Waals surface area contributed by atoms with Crippen LogP contribution < -0.4 is 10.2 Å². The number of hydrogen-bond donors (Lipinski definition) is 1. The van der Waals surface area contributed by atoms with Crippen LogP contribution in [0.4, 0.5) is 19.1 Å².